The van der Waals surface area contributed by atoms with E-state index < -0.39 is 0 Å². The zero-order valence-corrected chi connectivity index (χ0v) is 12.6. The highest BCUT2D eigenvalue weighted by Gasteiger charge is 2.09. The molecular formula is C15H17ClN2O2. The number of carbonyl (C=O) groups excluding carboxylic acids is 1. The number of nitrogens with zero attached hydrogens (tertiary/aromatic N) is 2. The average molecular weight is 293 g/mol. The Morgan fingerprint density at radius 2 is 2.15 bits per heavy atom. The lowest BCUT2D eigenvalue weighted by atomic mass is 10.1. The molecule has 0 bridgehead atoms. The van der Waals surface area contributed by atoms with Crippen molar-refractivity contribution in [2.45, 2.75) is 33.9 Å². The third-order valence-electron chi connectivity index (χ3n) is 3.00. The Kier molecular flexibility index (Phi) is 4.45. The Morgan fingerprint density at radius 3 is 2.75 bits per heavy atom. The minimum atomic E-state index is -0.0156. The van der Waals surface area contributed by atoms with Gasteiger partial charge in [0, 0.05) is 12.1 Å². The Balaban J connectivity index is 2.12. The fourth-order valence-electron chi connectivity index (χ4n) is 1.98. The number of rotatable bonds is 5. The standard InChI is InChI=1S/C15H17ClN2O2/c1-4-18-13(7-10(2)17-18)9-20-15-6-5-12(11(3)19)8-14(15)16/h5-8H,4,9H2,1-3H3. The van der Waals surface area contributed by atoms with Crippen LogP contribution in [-0.2, 0) is 13.2 Å². The molecule has 0 aliphatic heterocycles. The van der Waals surface area contributed by atoms with Crippen molar-refractivity contribution in [2.24, 2.45) is 0 Å². The number of hydrogen-bond acceptors (Lipinski definition) is 3. The maximum Gasteiger partial charge on any atom is 0.159 e. The maximum atomic E-state index is 11.3. The summed E-state index contributed by atoms with van der Waals surface area (Å²) in [6.45, 7) is 6.68. The number of carbonyl (C=O) groups is 1. The molecule has 0 spiro atoms. The highest BCUT2D eigenvalue weighted by Crippen LogP contribution is 2.26. The van der Waals surface area contributed by atoms with Gasteiger partial charge >= 0.3 is 0 Å². The van der Waals surface area contributed by atoms with Crippen LogP contribution >= 0.6 is 11.6 Å². The van der Waals surface area contributed by atoms with Gasteiger partial charge in [-0.2, -0.15) is 5.10 Å². The molecule has 1 aromatic heterocycles. The largest absolute Gasteiger partial charge is 0.486 e. The van der Waals surface area contributed by atoms with E-state index in [4.69, 9.17) is 16.3 Å². The predicted molar refractivity (Wildman–Crippen MR) is 78.4 cm³/mol. The van der Waals surface area contributed by atoms with Crippen molar-refractivity contribution in [1.82, 2.24) is 9.78 Å². The summed E-state index contributed by atoms with van der Waals surface area (Å²) in [6, 6.07) is 7.05. The van der Waals surface area contributed by atoms with Gasteiger partial charge in [0.25, 0.3) is 0 Å². The Morgan fingerprint density at radius 1 is 1.40 bits per heavy atom. The Hall–Kier alpha value is -1.81. The average Bonchev–Trinajstić information content (AvgIpc) is 2.77. The summed E-state index contributed by atoms with van der Waals surface area (Å²) < 4.78 is 7.61. The number of ketones is 1. The normalized spacial score (nSPS) is 10.6. The summed E-state index contributed by atoms with van der Waals surface area (Å²) in [6.07, 6.45) is 0. The lowest BCUT2D eigenvalue weighted by molar-refractivity contribution is 0.101. The summed E-state index contributed by atoms with van der Waals surface area (Å²) in [7, 11) is 0. The van der Waals surface area contributed by atoms with E-state index in [0.29, 0.717) is 22.9 Å². The fourth-order valence-corrected chi connectivity index (χ4v) is 2.21. The Labute approximate surface area is 123 Å². The zero-order valence-electron chi connectivity index (χ0n) is 11.8. The van der Waals surface area contributed by atoms with E-state index in [2.05, 4.69) is 5.10 Å². The van der Waals surface area contributed by atoms with Gasteiger partial charge in [-0.25, -0.2) is 0 Å². The Bertz CT molecular complexity index is 635. The topological polar surface area (TPSA) is 44.1 Å². The van der Waals surface area contributed by atoms with Crippen molar-refractivity contribution < 1.29 is 9.53 Å². The number of benzene rings is 1. The molecule has 1 heterocycles. The van der Waals surface area contributed by atoms with E-state index in [-0.39, 0.29) is 5.78 Å². The van der Waals surface area contributed by atoms with Crippen molar-refractivity contribution in [3.05, 3.63) is 46.2 Å². The van der Waals surface area contributed by atoms with Gasteiger partial charge in [-0.05, 0) is 45.0 Å². The summed E-state index contributed by atoms with van der Waals surface area (Å²) in [5.74, 6) is 0.552. The van der Waals surface area contributed by atoms with Crippen molar-refractivity contribution >= 4 is 17.4 Å². The molecule has 0 amide bonds. The highest BCUT2D eigenvalue weighted by atomic mass is 35.5. The van der Waals surface area contributed by atoms with Gasteiger partial charge in [0.1, 0.15) is 12.4 Å². The molecule has 1 aromatic carbocycles. The van der Waals surface area contributed by atoms with Crippen LogP contribution in [0.5, 0.6) is 5.75 Å². The van der Waals surface area contributed by atoms with Crippen molar-refractivity contribution in [3.63, 3.8) is 0 Å². The number of ether oxygens (including phenoxy) is 1. The van der Waals surface area contributed by atoms with Crippen molar-refractivity contribution in [1.29, 1.82) is 0 Å². The fraction of sp³-hybridized carbons (Fsp3) is 0.333. The summed E-state index contributed by atoms with van der Waals surface area (Å²) in [4.78, 5) is 11.3. The van der Waals surface area contributed by atoms with Crippen LogP contribution in [0.4, 0.5) is 0 Å². The predicted octanol–water partition coefficient (Wildman–Crippen LogP) is 3.65. The molecule has 0 aliphatic rings. The summed E-state index contributed by atoms with van der Waals surface area (Å²) >= 11 is 6.12. The molecule has 2 aromatic rings. The van der Waals surface area contributed by atoms with Crippen LogP contribution in [0.25, 0.3) is 0 Å². The van der Waals surface area contributed by atoms with E-state index in [1.165, 1.54) is 6.92 Å². The maximum absolute atomic E-state index is 11.3. The molecule has 0 N–H and O–H groups in total. The number of halogens is 1. The first-order valence-electron chi connectivity index (χ1n) is 6.48. The van der Waals surface area contributed by atoms with Crippen LogP contribution in [0.2, 0.25) is 5.02 Å². The van der Waals surface area contributed by atoms with E-state index in [0.717, 1.165) is 17.9 Å². The molecule has 20 heavy (non-hydrogen) atoms. The second-order valence-corrected chi connectivity index (χ2v) is 4.99. The molecule has 0 radical (unpaired) electrons. The van der Waals surface area contributed by atoms with Crippen LogP contribution in [0.15, 0.2) is 24.3 Å². The number of aryl methyl sites for hydroxylation is 2. The minimum absolute atomic E-state index is 0.0156. The molecule has 0 aliphatic carbocycles. The van der Waals surface area contributed by atoms with Gasteiger partial charge in [-0.15, -0.1) is 0 Å². The third-order valence-corrected chi connectivity index (χ3v) is 3.29. The molecule has 0 saturated heterocycles. The SMILES string of the molecule is CCn1nc(C)cc1COc1ccc(C(C)=O)cc1Cl. The molecule has 0 fully saturated rings. The quantitative estimate of drug-likeness (QED) is 0.790. The first kappa shape index (κ1) is 14.6. The van der Waals surface area contributed by atoms with Crippen LogP contribution in [0, 0.1) is 6.92 Å². The van der Waals surface area contributed by atoms with Gasteiger partial charge in [0.2, 0.25) is 0 Å². The smallest absolute Gasteiger partial charge is 0.159 e. The van der Waals surface area contributed by atoms with Crippen molar-refractivity contribution in [3.8, 4) is 5.75 Å². The zero-order chi connectivity index (χ0) is 14.7. The summed E-state index contributed by atoms with van der Waals surface area (Å²) in [5, 5.41) is 4.80. The van der Waals surface area contributed by atoms with Crippen LogP contribution in [0.1, 0.15) is 35.6 Å². The minimum Gasteiger partial charge on any atom is -0.486 e. The molecule has 0 saturated carbocycles. The molecule has 0 unspecified atom stereocenters. The van der Waals surface area contributed by atoms with Gasteiger partial charge in [0.05, 0.1) is 16.4 Å². The van der Waals surface area contributed by atoms with E-state index in [1.807, 2.05) is 24.6 Å². The first-order valence-corrected chi connectivity index (χ1v) is 6.85. The molecular weight excluding hydrogens is 276 g/mol. The molecule has 4 nitrogen and oxygen atoms in total. The number of hydrogen-bond donors (Lipinski definition) is 0. The van der Waals surface area contributed by atoms with Crippen LogP contribution in [0.3, 0.4) is 0 Å². The molecule has 2 rings (SSSR count). The van der Waals surface area contributed by atoms with E-state index >= 15 is 0 Å². The number of Topliss-reactive ketones (excluding diaryl/α,β-unsaturated/α-hetero) is 1. The molecule has 106 valence electrons. The van der Waals surface area contributed by atoms with Gasteiger partial charge in [0.15, 0.2) is 5.78 Å². The van der Waals surface area contributed by atoms with Crippen LogP contribution < -0.4 is 4.74 Å². The second-order valence-electron chi connectivity index (χ2n) is 4.58. The van der Waals surface area contributed by atoms with E-state index in [9.17, 15) is 4.79 Å². The lowest BCUT2D eigenvalue weighted by Gasteiger charge is -2.09. The molecule has 5 heteroatoms. The monoisotopic (exact) mass is 292 g/mol. The second kappa shape index (κ2) is 6.09. The number of aromatic nitrogens is 2. The highest BCUT2D eigenvalue weighted by molar-refractivity contribution is 6.32. The third kappa shape index (κ3) is 3.20. The lowest BCUT2D eigenvalue weighted by Crippen LogP contribution is -2.06. The molecule has 0 atom stereocenters. The van der Waals surface area contributed by atoms with Gasteiger partial charge < -0.3 is 4.74 Å². The summed E-state index contributed by atoms with van der Waals surface area (Å²) in [5.41, 5.74) is 2.54. The van der Waals surface area contributed by atoms with E-state index in [1.54, 1.807) is 18.2 Å². The van der Waals surface area contributed by atoms with Gasteiger partial charge in [-0.1, -0.05) is 11.6 Å². The van der Waals surface area contributed by atoms with Crippen molar-refractivity contribution in [2.75, 3.05) is 0 Å². The van der Waals surface area contributed by atoms with Gasteiger partial charge in [-0.3, -0.25) is 9.48 Å². The van der Waals surface area contributed by atoms with Crippen LogP contribution in [-0.4, -0.2) is 15.6 Å². The first-order chi connectivity index (χ1) is 9.51.